The zero-order valence-corrected chi connectivity index (χ0v) is 12.8. The lowest BCUT2D eigenvalue weighted by Gasteiger charge is -2.23. The zero-order chi connectivity index (χ0) is 14.5. The van der Waals surface area contributed by atoms with E-state index in [0.717, 1.165) is 16.7 Å². The minimum absolute atomic E-state index is 0.171. The summed E-state index contributed by atoms with van der Waals surface area (Å²) in [7, 11) is 0. The number of carbonyl (C=O) groups excluding carboxylic acids is 2. The fraction of sp³-hybridized carbons (Fsp3) is 0.176. The minimum atomic E-state index is -1.27. The smallest absolute Gasteiger partial charge is 0.192 e. The largest absolute Gasteiger partial charge is 0.292 e. The van der Waals surface area contributed by atoms with E-state index in [1.54, 1.807) is 24.3 Å². The summed E-state index contributed by atoms with van der Waals surface area (Å²) in [6, 6.07) is 12.8. The number of Topliss-reactive ketones (excluding diaryl/α,β-unsaturated/α-hetero) is 2. The van der Waals surface area contributed by atoms with Gasteiger partial charge in [-0.3, -0.25) is 9.59 Å². The molecular weight excluding hydrogens is 316 g/mol. The van der Waals surface area contributed by atoms with Gasteiger partial charge in [0.15, 0.2) is 15.9 Å². The van der Waals surface area contributed by atoms with Gasteiger partial charge in [0.1, 0.15) is 0 Å². The van der Waals surface area contributed by atoms with Crippen LogP contribution in [0.25, 0.3) is 0 Å². The molecule has 0 aromatic heterocycles. The Morgan fingerprint density at radius 2 is 1.25 bits per heavy atom. The second kappa shape index (κ2) is 4.38. The van der Waals surface area contributed by atoms with Gasteiger partial charge in [0, 0.05) is 11.1 Å². The van der Waals surface area contributed by atoms with Crippen molar-refractivity contribution in [2.24, 2.45) is 0 Å². The van der Waals surface area contributed by atoms with Crippen molar-refractivity contribution in [1.29, 1.82) is 0 Å². The highest BCUT2D eigenvalue weighted by molar-refractivity contribution is 9.10. The van der Waals surface area contributed by atoms with E-state index >= 15 is 0 Å². The highest BCUT2D eigenvalue weighted by Gasteiger charge is 2.53. The molecule has 0 saturated heterocycles. The van der Waals surface area contributed by atoms with Gasteiger partial charge in [-0.2, -0.15) is 0 Å². The highest BCUT2D eigenvalue weighted by Crippen LogP contribution is 2.46. The average Bonchev–Trinajstić information content (AvgIpc) is 2.62. The number of carbonyl (C=O) groups is 2. The molecule has 1 aliphatic rings. The van der Waals surface area contributed by atoms with Crippen LogP contribution in [0.3, 0.4) is 0 Å². The van der Waals surface area contributed by atoms with Gasteiger partial charge < -0.3 is 0 Å². The Labute approximate surface area is 125 Å². The number of benzene rings is 2. The summed E-state index contributed by atoms with van der Waals surface area (Å²) in [6.45, 7) is 3.85. The Hall–Kier alpha value is -1.74. The van der Waals surface area contributed by atoms with Crippen LogP contribution in [0.2, 0.25) is 0 Å². The van der Waals surface area contributed by atoms with Gasteiger partial charge in [-0.05, 0) is 30.5 Å². The van der Waals surface area contributed by atoms with Crippen molar-refractivity contribution in [1.82, 2.24) is 0 Å². The first-order chi connectivity index (χ1) is 9.48. The molecule has 0 spiro atoms. The maximum absolute atomic E-state index is 12.8. The van der Waals surface area contributed by atoms with Crippen LogP contribution >= 0.6 is 15.9 Å². The third-order valence-electron chi connectivity index (χ3n) is 3.87. The van der Waals surface area contributed by atoms with Crippen molar-refractivity contribution in [2.45, 2.75) is 18.2 Å². The molecule has 1 aliphatic carbocycles. The molecule has 2 aromatic rings. The van der Waals surface area contributed by atoms with Crippen LogP contribution in [0.5, 0.6) is 0 Å². The van der Waals surface area contributed by atoms with Gasteiger partial charge in [0.2, 0.25) is 0 Å². The number of aryl methyl sites for hydroxylation is 2. The summed E-state index contributed by atoms with van der Waals surface area (Å²) >= 11 is 3.47. The standard InChI is InChI=1S/C17H13BrO2/c1-10-6-5-7-11(2)14(10)17(18)15(19)12-8-3-4-9-13(12)16(17)20/h3-9H,1-2H3. The first kappa shape index (κ1) is 13.3. The molecule has 0 fully saturated rings. The van der Waals surface area contributed by atoms with E-state index < -0.39 is 4.32 Å². The third-order valence-corrected chi connectivity index (χ3v) is 4.98. The lowest BCUT2D eigenvalue weighted by atomic mass is 9.87. The highest BCUT2D eigenvalue weighted by atomic mass is 79.9. The van der Waals surface area contributed by atoms with Crippen molar-refractivity contribution in [3.05, 3.63) is 70.3 Å². The Kier molecular flexibility index (Phi) is 2.91. The number of halogens is 1. The fourth-order valence-corrected chi connectivity index (χ4v) is 3.99. The number of fused-ring (bicyclic) bond motifs is 1. The van der Waals surface area contributed by atoms with E-state index in [1.807, 2.05) is 32.0 Å². The summed E-state index contributed by atoms with van der Waals surface area (Å²) in [6.07, 6.45) is 0. The Morgan fingerprint density at radius 1 is 0.800 bits per heavy atom. The second-order valence-corrected chi connectivity index (χ2v) is 6.32. The predicted octanol–water partition coefficient (Wildman–Crippen LogP) is 3.97. The molecule has 0 saturated carbocycles. The maximum Gasteiger partial charge on any atom is 0.192 e. The lowest BCUT2D eigenvalue weighted by Crippen LogP contribution is -2.33. The zero-order valence-electron chi connectivity index (χ0n) is 11.2. The molecule has 0 bridgehead atoms. The molecule has 0 unspecified atom stereocenters. The Bertz CT molecular complexity index is 691. The van der Waals surface area contributed by atoms with Crippen molar-refractivity contribution in [3.63, 3.8) is 0 Å². The molecule has 0 heterocycles. The summed E-state index contributed by atoms with van der Waals surface area (Å²) in [5.74, 6) is -0.342. The van der Waals surface area contributed by atoms with Gasteiger partial charge in [-0.25, -0.2) is 0 Å². The van der Waals surface area contributed by atoms with Crippen molar-refractivity contribution < 1.29 is 9.59 Å². The lowest BCUT2D eigenvalue weighted by molar-refractivity contribution is 0.0870. The average molecular weight is 329 g/mol. The molecule has 0 aliphatic heterocycles. The summed E-state index contributed by atoms with van der Waals surface area (Å²) in [5.41, 5.74) is 3.65. The maximum atomic E-state index is 12.8. The summed E-state index contributed by atoms with van der Waals surface area (Å²) in [5, 5.41) is 0. The molecule has 100 valence electrons. The van der Waals surface area contributed by atoms with Gasteiger partial charge in [-0.1, -0.05) is 58.4 Å². The van der Waals surface area contributed by atoms with Crippen molar-refractivity contribution >= 4 is 27.5 Å². The molecule has 0 amide bonds. The van der Waals surface area contributed by atoms with E-state index in [4.69, 9.17) is 0 Å². The quantitative estimate of drug-likeness (QED) is 0.586. The number of ketones is 2. The molecule has 20 heavy (non-hydrogen) atoms. The van der Waals surface area contributed by atoms with Crippen LogP contribution < -0.4 is 0 Å². The van der Waals surface area contributed by atoms with Gasteiger partial charge in [-0.15, -0.1) is 0 Å². The van der Waals surface area contributed by atoms with Crippen LogP contribution in [0.4, 0.5) is 0 Å². The molecule has 0 N–H and O–H groups in total. The van der Waals surface area contributed by atoms with E-state index in [-0.39, 0.29) is 11.6 Å². The van der Waals surface area contributed by atoms with Crippen LogP contribution in [-0.2, 0) is 4.32 Å². The third kappa shape index (κ3) is 1.56. The van der Waals surface area contributed by atoms with E-state index in [1.165, 1.54) is 0 Å². The number of alkyl halides is 1. The molecular formula is C17H13BrO2. The van der Waals surface area contributed by atoms with Crippen molar-refractivity contribution in [3.8, 4) is 0 Å². The van der Waals surface area contributed by atoms with Crippen LogP contribution in [0.15, 0.2) is 42.5 Å². The van der Waals surface area contributed by atoms with Crippen LogP contribution in [-0.4, -0.2) is 11.6 Å². The summed E-state index contributed by atoms with van der Waals surface area (Å²) < 4.78 is -1.27. The Morgan fingerprint density at radius 3 is 1.70 bits per heavy atom. The minimum Gasteiger partial charge on any atom is -0.292 e. The van der Waals surface area contributed by atoms with Gasteiger partial charge >= 0.3 is 0 Å². The first-order valence-corrected chi connectivity index (χ1v) is 7.21. The van der Waals surface area contributed by atoms with Crippen molar-refractivity contribution in [2.75, 3.05) is 0 Å². The SMILES string of the molecule is Cc1cccc(C)c1C1(Br)C(=O)c2ccccc2C1=O. The summed E-state index contributed by atoms with van der Waals surface area (Å²) in [4.78, 5) is 25.5. The molecule has 0 radical (unpaired) electrons. The number of hydrogen-bond acceptors (Lipinski definition) is 2. The van der Waals surface area contributed by atoms with E-state index in [2.05, 4.69) is 15.9 Å². The Balaban J connectivity index is 2.30. The molecule has 2 aromatic carbocycles. The fourth-order valence-electron chi connectivity index (χ4n) is 2.94. The molecule has 3 rings (SSSR count). The van der Waals surface area contributed by atoms with Gasteiger partial charge in [0.05, 0.1) is 0 Å². The van der Waals surface area contributed by atoms with E-state index in [0.29, 0.717) is 11.1 Å². The van der Waals surface area contributed by atoms with Gasteiger partial charge in [0.25, 0.3) is 0 Å². The molecule has 3 heteroatoms. The van der Waals surface area contributed by atoms with Crippen LogP contribution in [0, 0.1) is 13.8 Å². The second-order valence-electron chi connectivity index (χ2n) is 5.13. The van der Waals surface area contributed by atoms with E-state index in [9.17, 15) is 9.59 Å². The predicted molar refractivity (Wildman–Crippen MR) is 81.6 cm³/mol. The molecule has 2 nitrogen and oxygen atoms in total. The monoisotopic (exact) mass is 328 g/mol. The topological polar surface area (TPSA) is 34.1 Å². The normalized spacial score (nSPS) is 16.4. The number of rotatable bonds is 1. The number of hydrogen-bond donors (Lipinski definition) is 0. The first-order valence-electron chi connectivity index (χ1n) is 6.42. The van der Waals surface area contributed by atoms with Crippen LogP contribution in [0.1, 0.15) is 37.4 Å². The molecule has 0 atom stereocenters.